The Balaban J connectivity index is 2.04. The van der Waals surface area contributed by atoms with Gasteiger partial charge >= 0.3 is 0 Å². The van der Waals surface area contributed by atoms with Crippen LogP contribution in [0, 0.1) is 11.8 Å². The highest BCUT2D eigenvalue weighted by molar-refractivity contribution is 7.89. The van der Waals surface area contributed by atoms with Gasteiger partial charge in [-0.15, -0.1) is 0 Å². The largest absolute Gasteiger partial charge is 0.384 e. The van der Waals surface area contributed by atoms with E-state index in [1.807, 2.05) is 0 Å². The van der Waals surface area contributed by atoms with E-state index in [9.17, 15) is 8.42 Å². The summed E-state index contributed by atoms with van der Waals surface area (Å²) in [4.78, 5) is 6.92. The minimum absolute atomic E-state index is 0.150. The predicted octanol–water partition coefficient (Wildman–Crippen LogP) is 0.274. The Kier molecular flexibility index (Phi) is 5.11. The van der Waals surface area contributed by atoms with Gasteiger partial charge in [-0.05, 0) is 18.2 Å². The second-order valence-corrected chi connectivity index (χ2v) is 5.98. The molecule has 6 nitrogen and oxygen atoms in total. The maximum absolute atomic E-state index is 12.2. The van der Waals surface area contributed by atoms with Crippen molar-refractivity contribution in [1.29, 1.82) is 0 Å². The zero-order chi connectivity index (χ0) is 15.1. The van der Waals surface area contributed by atoms with Crippen molar-refractivity contribution in [3.63, 3.8) is 0 Å². The number of hydrogen-bond acceptors (Lipinski definition) is 4. The molecule has 2 rings (SSSR count). The van der Waals surface area contributed by atoms with E-state index in [2.05, 4.69) is 26.5 Å². The van der Waals surface area contributed by atoms with Gasteiger partial charge in [0.05, 0.1) is 11.2 Å². The molecule has 110 valence electrons. The molecule has 1 heterocycles. The molecule has 0 aliphatic heterocycles. The van der Waals surface area contributed by atoms with Crippen LogP contribution in [-0.4, -0.2) is 36.6 Å². The molecule has 0 fully saturated rings. The van der Waals surface area contributed by atoms with Crippen molar-refractivity contribution >= 4 is 10.0 Å². The number of H-pyrrole nitrogens is 1. The summed E-state index contributed by atoms with van der Waals surface area (Å²) in [5.74, 6) is 5.16. The number of benzene rings is 1. The van der Waals surface area contributed by atoms with Gasteiger partial charge in [0.1, 0.15) is 6.61 Å². The van der Waals surface area contributed by atoms with Crippen molar-refractivity contribution in [3.8, 4) is 11.8 Å². The van der Waals surface area contributed by atoms with Gasteiger partial charge in [0.15, 0.2) is 0 Å². The normalized spacial score (nSPS) is 10.9. The van der Waals surface area contributed by atoms with Crippen LogP contribution in [0.2, 0.25) is 0 Å². The summed E-state index contributed by atoms with van der Waals surface area (Å²) in [6.45, 7) is 0.0104. The number of aliphatic hydroxyl groups excluding tert-OH is 1. The van der Waals surface area contributed by atoms with E-state index in [1.54, 1.807) is 24.7 Å². The highest BCUT2D eigenvalue weighted by Gasteiger charge is 2.13. The average molecular weight is 305 g/mol. The van der Waals surface area contributed by atoms with Crippen LogP contribution < -0.4 is 4.72 Å². The van der Waals surface area contributed by atoms with Gasteiger partial charge in [0.2, 0.25) is 10.0 Å². The second kappa shape index (κ2) is 7.04. The van der Waals surface area contributed by atoms with E-state index in [4.69, 9.17) is 5.11 Å². The minimum atomic E-state index is -3.58. The molecule has 7 heteroatoms. The van der Waals surface area contributed by atoms with Gasteiger partial charge in [-0.2, -0.15) is 0 Å². The van der Waals surface area contributed by atoms with Crippen molar-refractivity contribution in [2.75, 3.05) is 13.2 Å². The third-order valence-corrected chi connectivity index (χ3v) is 4.16. The maximum Gasteiger partial charge on any atom is 0.240 e. The third-order valence-electron chi connectivity index (χ3n) is 2.70. The van der Waals surface area contributed by atoms with Gasteiger partial charge in [-0.3, -0.25) is 0 Å². The molecule has 0 aliphatic carbocycles. The minimum Gasteiger partial charge on any atom is -0.384 e. The summed E-state index contributed by atoms with van der Waals surface area (Å²) in [5.41, 5.74) is 1.40. The number of sulfonamides is 1. The van der Waals surface area contributed by atoms with Crippen LogP contribution >= 0.6 is 0 Å². The van der Waals surface area contributed by atoms with Crippen LogP contribution in [0.1, 0.15) is 11.3 Å². The molecule has 1 aromatic heterocycles. The van der Waals surface area contributed by atoms with Gasteiger partial charge in [-0.25, -0.2) is 18.1 Å². The number of aliphatic hydroxyl groups is 1. The summed E-state index contributed by atoms with van der Waals surface area (Å²) in [6, 6.07) is 6.28. The fourth-order valence-corrected chi connectivity index (χ4v) is 2.78. The van der Waals surface area contributed by atoms with Crippen LogP contribution in [0.25, 0.3) is 0 Å². The molecule has 0 atom stereocenters. The number of imidazole rings is 1. The Morgan fingerprint density at radius 1 is 1.38 bits per heavy atom. The highest BCUT2D eigenvalue weighted by atomic mass is 32.2. The van der Waals surface area contributed by atoms with Crippen molar-refractivity contribution in [2.45, 2.75) is 11.3 Å². The lowest BCUT2D eigenvalue weighted by atomic mass is 10.2. The molecule has 1 aromatic carbocycles. The topological polar surface area (TPSA) is 95.1 Å². The van der Waals surface area contributed by atoms with Gasteiger partial charge in [0, 0.05) is 30.4 Å². The number of nitrogens with zero attached hydrogens (tertiary/aromatic N) is 1. The molecule has 2 aromatic rings. The average Bonchev–Trinajstić information content (AvgIpc) is 2.98. The van der Waals surface area contributed by atoms with Crippen LogP contribution in [0.3, 0.4) is 0 Å². The van der Waals surface area contributed by atoms with Crippen LogP contribution in [0.15, 0.2) is 41.7 Å². The van der Waals surface area contributed by atoms with Crippen LogP contribution in [0.5, 0.6) is 0 Å². The summed E-state index contributed by atoms with van der Waals surface area (Å²) < 4.78 is 26.8. The van der Waals surface area contributed by atoms with Crippen molar-refractivity contribution < 1.29 is 13.5 Å². The number of aromatic amines is 1. The molecule has 0 spiro atoms. The Bertz CT molecular complexity index is 743. The first-order valence-corrected chi connectivity index (χ1v) is 7.77. The van der Waals surface area contributed by atoms with Crippen molar-refractivity contribution in [1.82, 2.24) is 14.7 Å². The lowest BCUT2D eigenvalue weighted by Gasteiger charge is -2.06. The summed E-state index contributed by atoms with van der Waals surface area (Å²) in [6.07, 6.45) is 3.73. The summed E-state index contributed by atoms with van der Waals surface area (Å²) in [7, 11) is -3.58. The van der Waals surface area contributed by atoms with E-state index >= 15 is 0 Å². The first-order valence-electron chi connectivity index (χ1n) is 6.28. The van der Waals surface area contributed by atoms with E-state index in [1.165, 1.54) is 12.1 Å². The van der Waals surface area contributed by atoms with Gasteiger partial charge in [0.25, 0.3) is 0 Å². The Morgan fingerprint density at radius 2 is 2.24 bits per heavy atom. The van der Waals surface area contributed by atoms with Crippen molar-refractivity contribution in [3.05, 3.63) is 48.0 Å². The monoisotopic (exact) mass is 305 g/mol. The molecule has 0 saturated carbocycles. The first-order chi connectivity index (χ1) is 10.1. The van der Waals surface area contributed by atoms with E-state index in [0.717, 1.165) is 5.69 Å². The van der Waals surface area contributed by atoms with Gasteiger partial charge in [-0.1, -0.05) is 17.9 Å². The molecule has 0 aliphatic rings. The number of aromatic nitrogens is 2. The van der Waals surface area contributed by atoms with E-state index in [0.29, 0.717) is 12.0 Å². The van der Waals surface area contributed by atoms with Crippen LogP contribution in [-0.2, 0) is 16.4 Å². The molecule has 0 unspecified atom stereocenters. The first kappa shape index (κ1) is 15.3. The quantitative estimate of drug-likeness (QED) is 0.691. The molecular formula is C14H15N3O3S. The standard InChI is InChI=1S/C14H15N3O3S/c18-8-2-4-12-3-1-5-14(9-12)21(19,20)17-7-6-13-10-15-11-16-13/h1,3,5,9-11,17-18H,6-8H2,(H,15,16). The summed E-state index contributed by atoms with van der Waals surface area (Å²) >= 11 is 0. The number of hydrogen-bond donors (Lipinski definition) is 3. The molecule has 21 heavy (non-hydrogen) atoms. The molecule has 0 radical (unpaired) electrons. The fourth-order valence-electron chi connectivity index (χ4n) is 1.71. The van der Waals surface area contributed by atoms with Gasteiger partial charge < -0.3 is 10.1 Å². The zero-order valence-electron chi connectivity index (χ0n) is 11.2. The molecule has 0 amide bonds. The Hall–Kier alpha value is -2.14. The lowest BCUT2D eigenvalue weighted by Crippen LogP contribution is -2.26. The molecular weight excluding hydrogens is 290 g/mol. The molecule has 0 saturated heterocycles. The fraction of sp³-hybridized carbons (Fsp3) is 0.214. The SMILES string of the molecule is O=S(=O)(NCCc1cnc[nH]1)c1cccc(C#CCO)c1. The van der Waals surface area contributed by atoms with Crippen molar-refractivity contribution in [2.24, 2.45) is 0 Å². The van der Waals surface area contributed by atoms with E-state index < -0.39 is 10.0 Å². The third kappa shape index (κ3) is 4.43. The summed E-state index contributed by atoms with van der Waals surface area (Å²) in [5, 5.41) is 8.65. The number of nitrogens with one attached hydrogen (secondary N) is 2. The number of rotatable bonds is 5. The maximum atomic E-state index is 12.2. The highest BCUT2D eigenvalue weighted by Crippen LogP contribution is 2.10. The lowest BCUT2D eigenvalue weighted by molar-refractivity contribution is 0.350. The second-order valence-electron chi connectivity index (χ2n) is 4.21. The predicted molar refractivity (Wildman–Crippen MR) is 77.9 cm³/mol. The Labute approximate surface area is 123 Å². The smallest absolute Gasteiger partial charge is 0.240 e. The van der Waals surface area contributed by atoms with E-state index in [-0.39, 0.29) is 18.0 Å². The zero-order valence-corrected chi connectivity index (χ0v) is 12.0. The Morgan fingerprint density at radius 3 is 2.95 bits per heavy atom. The molecule has 0 bridgehead atoms. The molecule has 3 N–H and O–H groups in total. The van der Waals surface area contributed by atoms with Crippen LogP contribution in [0.4, 0.5) is 0 Å².